The van der Waals surface area contributed by atoms with Gasteiger partial charge >= 0.3 is 0 Å². The zero-order valence-corrected chi connectivity index (χ0v) is 10.1. The van der Waals surface area contributed by atoms with Gasteiger partial charge in [0, 0.05) is 12.6 Å². The van der Waals surface area contributed by atoms with Crippen LogP contribution in [-0.4, -0.2) is 9.78 Å². The number of fused-ring (bicyclic) bond motifs is 1. The molecular weight excluding hydrogens is 238 g/mol. The van der Waals surface area contributed by atoms with Crippen molar-refractivity contribution in [2.45, 2.75) is 19.5 Å². The largest absolute Gasteiger partial charge is 0.304 e. The Morgan fingerprint density at radius 3 is 2.88 bits per heavy atom. The van der Waals surface area contributed by atoms with Crippen molar-refractivity contribution in [1.82, 2.24) is 15.1 Å². The van der Waals surface area contributed by atoms with Crippen LogP contribution in [0.1, 0.15) is 24.2 Å². The van der Waals surface area contributed by atoms with E-state index in [0.29, 0.717) is 17.3 Å². The molecule has 3 rings (SSSR count). The summed E-state index contributed by atoms with van der Waals surface area (Å²) in [6.45, 7) is 2.68. The normalized spacial score (nSPS) is 18.4. The lowest BCUT2D eigenvalue weighted by atomic mass is 10.2. The number of aromatic nitrogens is 2. The van der Waals surface area contributed by atoms with Crippen LogP contribution in [0.2, 0.25) is 5.02 Å². The highest BCUT2D eigenvalue weighted by Crippen LogP contribution is 2.23. The van der Waals surface area contributed by atoms with E-state index in [2.05, 4.69) is 10.4 Å². The number of rotatable bonds is 1. The summed E-state index contributed by atoms with van der Waals surface area (Å²) in [6.07, 6.45) is 0. The average Bonchev–Trinajstić information content (AvgIpc) is 2.82. The molecule has 88 valence electrons. The summed E-state index contributed by atoms with van der Waals surface area (Å²) in [5.41, 5.74) is 2.43. The van der Waals surface area contributed by atoms with E-state index >= 15 is 0 Å². The van der Waals surface area contributed by atoms with E-state index in [1.165, 1.54) is 4.68 Å². The highest BCUT2D eigenvalue weighted by atomic mass is 35.5. The minimum absolute atomic E-state index is 0.0226. The van der Waals surface area contributed by atoms with Gasteiger partial charge in [-0.25, -0.2) is 4.68 Å². The summed E-state index contributed by atoms with van der Waals surface area (Å²) in [6, 6.07) is 7.40. The highest BCUT2D eigenvalue weighted by molar-refractivity contribution is 6.32. The molecule has 1 atom stereocenters. The van der Waals surface area contributed by atoms with Gasteiger partial charge in [0.05, 0.1) is 22.0 Å². The first kappa shape index (κ1) is 10.6. The van der Waals surface area contributed by atoms with Gasteiger partial charge in [0.25, 0.3) is 5.56 Å². The molecule has 5 heteroatoms. The lowest BCUT2D eigenvalue weighted by Crippen LogP contribution is -2.22. The van der Waals surface area contributed by atoms with Crippen LogP contribution in [-0.2, 0) is 6.54 Å². The smallest absolute Gasteiger partial charge is 0.276 e. The van der Waals surface area contributed by atoms with E-state index in [0.717, 1.165) is 11.3 Å². The van der Waals surface area contributed by atoms with Crippen molar-refractivity contribution in [2.75, 3.05) is 0 Å². The SMILES string of the molecule is CC1NCc2[nH]n(-c3ccccc3Cl)c(=O)c21. The lowest BCUT2D eigenvalue weighted by molar-refractivity contribution is 0.611. The summed E-state index contributed by atoms with van der Waals surface area (Å²) in [5, 5.41) is 6.89. The Kier molecular flexibility index (Phi) is 2.34. The molecule has 0 saturated carbocycles. The van der Waals surface area contributed by atoms with Crippen LogP contribution < -0.4 is 10.9 Å². The van der Waals surface area contributed by atoms with E-state index in [1.54, 1.807) is 6.07 Å². The van der Waals surface area contributed by atoms with E-state index in [-0.39, 0.29) is 11.6 Å². The second-order valence-electron chi connectivity index (χ2n) is 4.20. The van der Waals surface area contributed by atoms with Crippen molar-refractivity contribution < 1.29 is 0 Å². The topological polar surface area (TPSA) is 49.8 Å². The highest BCUT2D eigenvalue weighted by Gasteiger charge is 2.25. The second-order valence-corrected chi connectivity index (χ2v) is 4.61. The molecule has 2 aromatic rings. The van der Waals surface area contributed by atoms with Crippen molar-refractivity contribution in [2.24, 2.45) is 0 Å². The molecule has 2 N–H and O–H groups in total. The maximum atomic E-state index is 12.3. The molecule has 0 saturated heterocycles. The van der Waals surface area contributed by atoms with Gasteiger partial charge in [-0.05, 0) is 19.1 Å². The maximum Gasteiger partial charge on any atom is 0.276 e. The monoisotopic (exact) mass is 249 g/mol. The number of H-pyrrole nitrogens is 1. The predicted octanol–water partition coefficient (Wildman–Crippen LogP) is 1.98. The van der Waals surface area contributed by atoms with Gasteiger partial charge in [-0.2, -0.15) is 0 Å². The third-order valence-corrected chi connectivity index (χ3v) is 3.44. The number of nitrogens with one attached hydrogen (secondary N) is 2. The van der Waals surface area contributed by atoms with Gasteiger partial charge in [-0.15, -0.1) is 0 Å². The molecule has 1 aliphatic heterocycles. The fourth-order valence-electron chi connectivity index (χ4n) is 2.24. The first-order valence-electron chi connectivity index (χ1n) is 5.50. The predicted molar refractivity (Wildman–Crippen MR) is 66.7 cm³/mol. The van der Waals surface area contributed by atoms with Gasteiger partial charge in [0.2, 0.25) is 0 Å². The van der Waals surface area contributed by atoms with Gasteiger partial charge in [-0.3, -0.25) is 9.89 Å². The van der Waals surface area contributed by atoms with E-state index < -0.39 is 0 Å². The molecule has 4 nitrogen and oxygen atoms in total. The van der Waals surface area contributed by atoms with Crippen molar-refractivity contribution in [3.63, 3.8) is 0 Å². The van der Waals surface area contributed by atoms with Crippen molar-refractivity contribution in [3.8, 4) is 5.69 Å². The Bertz CT molecular complexity index is 629. The summed E-state index contributed by atoms with van der Waals surface area (Å²) in [7, 11) is 0. The summed E-state index contributed by atoms with van der Waals surface area (Å²) >= 11 is 6.09. The van der Waals surface area contributed by atoms with E-state index in [9.17, 15) is 4.79 Å². The fourth-order valence-corrected chi connectivity index (χ4v) is 2.46. The zero-order valence-electron chi connectivity index (χ0n) is 9.33. The number of aromatic amines is 1. The summed E-state index contributed by atoms with van der Waals surface area (Å²) in [5.74, 6) is 0. The van der Waals surface area contributed by atoms with Crippen LogP contribution in [0, 0.1) is 0 Å². The van der Waals surface area contributed by atoms with E-state index in [1.807, 2.05) is 25.1 Å². The minimum Gasteiger partial charge on any atom is -0.304 e. The molecule has 0 bridgehead atoms. The van der Waals surface area contributed by atoms with Crippen LogP contribution in [0.3, 0.4) is 0 Å². The minimum atomic E-state index is -0.0226. The quantitative estimate of drug-likeness (QED) is 0.812. The zero-order chi connectivity index (χ0) is 12.0. The molecule has 1 aliphatic rings. The average molecular weight is 250 g/mol. The van der Waals surface area contributed by atoms with E-state index in [4.69, 9.17) is 11.6 Å². The number of halogens is 1. The molecule has 1 aromatic carbocycles. The van der Waals surface area contributed by atoms with Crippen LogP contribution in [0.5, 0.6) is 0 Å². The maximum absolute atomic E-state index is 12.3. The van der Waals surface area contributed by atoms with Gasteiger partial charge in [0.15, 0.2) is 0 Å². The lowest BCUT2D eigenvalue weighted by Gasteiger charge is -2.05. The molecule has 0 fully saturated rings. The Morgan fingerprint density at radius 1 is 1.41 bits per heavy atom. The van der Waals surface area contributed by atoms with Crippen LogP contribution in [0.15, 0.2) is 29.1 Å². The van der Waals surface area contributed by atoms with Gasteiger partial charge in [0.1, 0.15) is 0 Å². The molecular formula is C12H12ClN3O. The van der Waals surface area contributed by atoms with Crippen molar-refractivity contribution >= 4 is 11.6 Å². The summed E-state index contributed by atoms with van der Waals surface area (Å²) in [4.78, 5) is 12.3. The van der Waals surface area contributed by atoms with Gasteiger partial charge in [-0.1, -0.05) is 23.7 Å². The number of hydrogen-bond donors (Lipinski definition) is 2. The number of para-hydroxylation sites is 1. The molecule has 0 radical (unpaired) electrons. The van der Waals surface area contributed by atoms with Crippen LogP contribution in [0.4, 0.5) is 0 Å². The summed E-state index contributed by atoms with van der Waals surface area (Å²) < 4.78 is 1.52. The molecule has 1 unspecified atom stereocenters. The molecule has 1 aromatic heterocycles. The number of benzene rings is 1. The van der Waals surface area contributed by atoms with Crippen molar-refractivity contribution in [3.05, 3.63) is 50.9 Å². The Labute approximate surface area is 103 Å². The Morgan fingerprint density at radius 2 is 2.18 bits per heavy atom. The fraction of sp³-hybridized carbons (Fsp3) is 0.250. The van der Waals surface area contributed by atoms with Crippen molar-refractivity contribution in [1.29, 1.82) is 0 Å². The number of nitrogens with zero attached hydrogens (tertiary/aromatic N) is 1. The second kappa shape index (κ2) is 3.75. The third-order valence-electron chi connectivity index (χ3n) is 3.12. The number of hydrogen-bond acceptors (Lipinski definition) is 2. The first-order valence-corrected chi connectivity index (χ1v) is 5.88. The molecule has 0 amide bonds. The Balaban J connectivity index is 2.22. The third kappa shape index (κ3) is 1.52. The van der Waals surface area contributed by atoms with Crippen LogP contribution >= 0.6 is 11.6 Å². The molecule has 0 aliphatic carbocycles. The standard InChI is InChI=1S/C12H12ClN3O/c1-7-11-9(6-14-7)15-16(12(11)17)10-5-3-2-4-8(10)13/h2-5,7,14-15H,6H2,1H3. The van der Waals surface area contributed by atoms with Crippen LogP contribution in [0.25, 0.3) is 5.69 Å². The first-order chi connectivity index (χ1) is 8.18. The molecule has 0 spiro atoms. The molecule has 17 heavy (non-hydrogen) atoms. The van der Waals surface area contributed by atoms with Gasteiger partial charge < -0.3 is 5.32 Å². The molecule has 2 heterocycles. The Hall–Kier alpha value is -1.52.